The topological polar surface area (TPSA) is 71.0 Å². The van der Waals surface area contributed by atoms with Gasteiger partial charge in [-0.3, -0.25) is 9.69 Å². The maximum atomic E-state index is 12.3. The first-order valence-electron chi connectivity index (χ1n) is 8.39. The van der Waals surface area contributed by atoms with E-state index in [-0.39, 0.29) is 30.2 Å². The summed E-state index contributed by atoms with van der Waals surface area (Å²) in [5.41, 5.74) is 1.25. The van der Waals surface area contributed by atoms with Crippen LogP contribution >= 0.6 is 0 Å². The first kappa shape index (κ1) is 16.8. The van der Waals surface area contributed by atoms with Gasteiger partial charge < -0.3 is 19.9 Å². The third-order valence-corrected chi connectivity index (χ3v) is 4.51. The highest BCUT2D eigenvalue weighted by Crippen LogP contribution is 2.20. The van der Waals surface area contributed by atoms with Crippen LogP contribution in [0.25, 0.3) is 0 Å². The van der Waals surface area contributed by atoms with Gasteiger partial charge in [0.25, 0.3) is 5.91 Å². The fraction of sp³-hybridized carbons (Fsp3) is 0.500. The molecule has 1 aromatic rings. The minimum Gasteiger partial charge on any atom is -0.494 e. The Balaban J connectivity index is 1.60. The molecule has 2 atom stereocenters. The maximum absolute atomic E-state index is 12.3. The molecule has 2 heterocycles. The number of carbonyl (C=O) groups excluding carboxylic acids is 1. The van der Waals surface area contributed by atoms with Crippen molar-refractivity contribution >= 4 is 5.91 Å². The fourth-order valence-corrected chi connectivity index (χ4v) is 3.16. The molecule has 6 nitrogen and oxygen atoms in total. The number of nitrogens with zero attached hydrogens (tertiary/aromatic N) is 1. The summed E-state index contributed by atoms with van der Waals surface area (Å²) in [5, 5.41) is 12.6. The van der Waals surface area contributed by atoms with Crippen LogP contribution < -0.4 is 5.32 Å². The molecule has 0 aliphatic carbocycles. The number of piperidine rings is 1. The van der Waals surface area contributed by atoms with Crippen LogP contribution in [0, 0.1) is 5.92 Å². The largest absolute Gasteiger partial charge is 0.494 e. The molecule has 1 amide bonds. The Morgan fingerprint density at radius 1 is 1.29 bits per heavy atom. The van der Waals surface area contributed by atoms with E-state index in [4.69, 9.17) is 9.47 Å². The Bertz CT molecular complexity index is 576. The molecule has 0 radical (unpaired) electrons. The Hall–Kier alpha value is -2.05. The molecule has 2 N–H and O–H groups in total. The van der Waals surface area contributed by atoms with Crippen molar-refractivity contribution in [2.75, 3.05) is 32.9 Å². The number of hydrogen-bond donors (Lipinski definition) is 2. The summed E-state index contributed by atoms with van der Waals surface area (Å²) >= 11 is 0. The van der Waals surface area contributed by atoms with E-state index in [0.29, 0.717) is 19.8 Å². The van der Waals surface area contributed by atoms with E-state index < -0.39 is 0 Å². The van der Waals surface area contributed by atoms with Crippen molar-refractivity contribution in [1.29, 1.82) is 0 Å². The summed E-state index contributed by atoms with van der Waals surface area (Å²) in [6.07, 6.45) is 2.21. The number of hydrogen-bond acceptors (Lipinski definition) is 5. The monoisotopic (exact) mass is 332 g/mol. The summed E-state index contributed by atoms with van der Waals surface area (Å²) in [6, 6.07) is 10.2. The normalized spacial score (nSPS) is 24.5. The highest BCUT2D eigenvalue weighted by atomic mass is 16.6. The van der Waals surface area contributed by atoms with E-state index in [1.807, 2.05) is 18.2 Å². The Morgan fingerprint density at radius 3 is 2.83 bits per heavy atom. The zero-order chi connectivity index (χ0) is 16.8. The van der Waals surface area contributed by atoms with Crippen LogP contribution in [0.1, 0.15) is 12.0 Å². The Kier molecular flexibility index (Phi) is 5.72. The number of nitrogens with one attached hydrogen (secondary N) is 1. The summed E-state index contributed by atoms with van der Waals surface area (Å²) < 4.78 is 10.5. The van der Waals surface area contributed by atoms with Crippen molar-refractivity contribution in [2.24, 2.45) is 5.92 Å². The highest BCUT2D eigenvalue weighted by molar-refractivity contribution is 5.91. The third-order valence-electron chi connectivity index (χ3n) is 4.51. The van der Waals surface area contributed by atoms with Crippen LogP contribution in [0.2, 0.25) is 0 Å². The van der Waals surface area contributed by atoms with Crippen LogP contribution in [0.3, 0.4) is 0 Å². The van der Waals surface area contributed by atoms with Gasteiger partial charge in [0.05, 0.1) is 0 Å². The molecule has 6 heteroatoms. The second-order valence-corrected chi connectivity index (χ2v) is 6.23. The lowest BCUT2D eigenvalue weighted by molar-refractivity contribution is -0.124. The first-order chi connectivity index (χ1) is 11.8. The summed E-state index contributed by atoms with van der Waals surface area (Å²) in [7, 11) is 0. The minimum atomic E-state index is -0.278. The zero-order valence-electron chi connectivity index (χ0n) is 13.7. The van der Waals surface area contributed by atoms with Gasteiger partial charge in [0.1, 0.15) is 19.5 Å². The van der Waals surface area contributed by atoms with Gasteiger partial charge in [-0.1, -0.05) is 30.3 Å². The van der Waals surface area contributed by atoms with Crippen molar-refractivity contribution in [1.82, 2.24) is 10.2 Å². The number of benzene rings is 1. The molecular formula is C18H24N2O4. The van der Waals surface area contributed by atoms with E-state index in [0.717, 1.165) is 19.5 Å². The van der Waals surface area contributed by atoms with Crippen molar-refractivity contribution < 1.29 is 19.4 Å². The molecule has 0 unspecified atom stereocenters. The predicted octanol–water partition coefficient (Wildman–Crippen LogP) is 0.874. The molecule has 3 rings (SSSR count). The molecule has 24 heavy (non-hydrogen) atoms. The van der Waals surface area contributed by atoms with Crippen LogP contribution in [-0.4, -0.2) is 54.9 Å². The van der Waals surface area contributed by atoms with E-state index in [9.17, 15) is 9.90 Å². The average molecular weight is 332 g/mol. The number of rotatable bonds is 5. The van der Waals surface area contributed by atoms with Gasteiger partial charge >= 0.3 is 0 Å². The summed E-state index contributed by atoms with van der Waals surface area (Å²) in [6.45, 7) is 3.38. The second-order valence-electron chi connectivity index (χ2n) is 6.23. The van der Waals surface area contributed by atoms with Gasteiger partial charge in [0.15, 0.2) is 0 Å². The third kappa shape index (κ3) is 4.27. The molecule has 2 aliphatic heterocycles. The molecular weight excluding hydrogens is 308 g/mol. The van der Waals surface area contributed by atoms with Crippen molar-refractivity contribution in [2.45, 2.75) is 19.0 Å². The molecule has 0 bridgehead atoms. The average Bonchev–Trinajstić information content (AvgIpc) is 2.63. The number of amides is 1. The molecule has 2 aliphatic rings. The molecule has 0 aromatic heterocycles. The zero-order valence-corrected chi connectivity index (χ0v) is 13.7. The van der Waals surface area contributed by atoms with E-state index >= 15 is 0 Å². The molecule has 0 saturated carbocycles. The van der Waals surface area contributed by atoms with Crippen LogP contribution in [0.5, 0.6) is 0 Å². The Morgan fingerprint density at radius 2 is 2.12 bits per heavy atom. The van der Waals surface area contributed by atoms with Gasteiger partial charge in [-0.15, -0.1) is 0 Å². The number of carbonyl (C=O) groups is 1. The SMILES string of the molecule is O=C(N[C@H]1CN(Cc2ccccc2)CC[C@@H]1CO)C1=COCCO1. The first-order valence-corrected chi connectivity index (χ1v) is 8.39. The number of aliphatic hydroxyl groups excluding tert-OH is 1. The Labute approximate surface area is 142 Å². The lowest BCUT2D eigenvalue weighted by Crippen LogP contribution is -2.53. The van der Waals surface area contributed by atoms with Gasteiger partial charge in [0, 0.05) is 31.7 Å². The minimum absolute atomic E-state index is 0.0612. The van der Waals surface area contributed by atoms with Gasteiger partial charge in [-0.25, -0.2) is 0 Å². The van der Waals surface area contributed by atoms with Gasteiger partial charge in [0.2, 0.25) is 5.76 Å². The van der Waals surface area contributed by atoms with E-state index in [1.54, 1.807) is 0 Å². The number of aliphatic hydroxyl groups is 1. The molecule has 1 saturated heterocycles. The smallest absolute Gasteiger partial charge is 0.289 e. The van der Waals surface area contributed by atoms with Crippen molar-refractivity contribution in [3.63, 3.8) is 0 Å². The number of ether oxygens (including phenoxy) is 2. The standard InChI is InChI=1S/C18H24N2O4/c21-12-15-6-7-20(10-14-4-2-1-3-5-14)11-16(15)19-18(22)17-13-23-8-9-24-17/h1-5,13,15-16,21H,6-12H2,(H,19,22)/t15-,16+/m1/s1. The van der Waals surface area contributed by atoms with E-state index in [2.05, 4.69) is 22.3 Å². The molecule has 0 spiro atoms. The fourth-order valence-electron chi connectivity index (χ4n) is 3.16. The predicted molar refractivity (Wildman–Crippen MR) is 88.8 cm³/mol. The maximum Gasteiger partial charge on any atom is 0.289 e. The lowest BCUT2D eigenvalue weighted by atomic mass is 9.92. The summed E-state index contributed by atoms with van der Waals surface area (Å²) in [4.78, 5) is 14.6. The second kappa shape index (κ2) is 8.17. The number of likely N-dealkylation sites (tertiary alicyclic amines) is 1. The van der Waals surface area contributed by atoms with E-state index in [1.165, 1.54) is 11.8 Å². The molecule has 1 aromatic carbocycles. The molecule has 1 fully saturated rings. The molecule has 130 valence electrons. The van der Waals surface area contributed by atoms with Crippen LogP contribution in [0.4, 0.5) is 0 Å². The lowest BCUT2D eigenvalue weighted by Gasteiger charge is -2.38. The van der Waals surface area contributed by atoms with Gasteiger partial charge in [-0.2, -0.15) is 0 Å². The van der Waals surface area contributed by atoms with Crippen LogP contribution in [-0.2, 0) is 20.8 Å². The van der Waals surface area contributed by atoms with Crippen molar-refractivity contribution in [3.8, 4) is 0 Å². The quantitative estimate of drug-likeness (QED) is 0.837. The van der Waals surface area contributed by atoms with Crippen LogP contribution in [0.15, 0.2) is 42.4 Å². The highest BCUT2D eigenvalue weighted by Gasteiger charge is 2.31. The summed E-state index contributed by atoms with van der Waals surface area (Å²) in [5.74, 6) is -0.0103. The van der Waals surface area contributed by atoms with Crippen molar-refractivity contribution in [3.05, 3.63) is 47.9 Å². The van der Waals surface area contributed by atoms with Gasteiger partial charge in [-0.05, 0) is 18.5 Å².